The predicted molar refractivity (Wildman–Crippen MR) is 93.9 cm³/mol. The molecule has 1 aromatic rings. The van der Waals surface area contributed by atoms with E-state index in [0.29, 0.717) is 13.2 Å². The van der Waals surface area contributed by atoms with Gasteiger partial charge in [0.05, 0.1) is 12.0 Å². The molecule has 2 rings (SSSR count). The van der Waals surface area contributed by atoms with E-state index in [-0.39, 0.29) is 11.3 Å². The fraction of sp³-hybridized carbons (Fsp3) is 0.611. The van der Waals surface area contributed by atoms with E-state index < -0.39 is 5.41 Å². The van der Waals surface area contributed by atoms with Crippen LogP contribution in [-0.2, 0) is 14.9 Å². The lowest BCUT2D eigenvalue weighted by molar-refractivity contribution is -0.136. The number of carbonyl (C=O) groups is 1. The zero-order valence-corrected chi connectivity index (χ0v) is 15.0. The Kier molecular flexibility index (Phi) is 6.06. The number of benzene rings is 1. The van der Waals surface area contributed by atoms with Gasteiger partial charge in [-0.2, -0.15) is 0 Å². The first-order valence-electron chi connectivity index (χ1n) is 8.14. The van der Waals surface area contributed by atoms with Crippen molar-refractivity contribution in [1.29, 1.82) is 0 Å². The van der Waals surface area contributed by atoms with E-state index in [0.717, 1.165) is 36.5 Å². The lowest BCUT2D eigenvalue weighted by atomic mass is 9.78. The number of ether oxygens (including phenoxy) is 1. The molecule has 128 valence electrons. The molecule has 1 aromatic carbocycles. The van der Waals surface area contributed by atoms with Gasteiger partial charge in [0, 0.05) is 24.1 Å². The zero-order valence-electron chi connectivity index (χ0n) is 14.2. The van der Waals surface area contributed by atoms with E-state index in [1.807, 2.05) is 24.3 Å². The second kappa shape index (κ2) is 7.65. The number of hydrogen-bond donors (Lipinski definition) is 2. The highest BCUT2D eigenvalue weighted by atomic mass is 35.5. The van der Waals surface area contributed by atoms with E-state index >= 15 is 0 Å². The number of nitrogens with one attached hydrogen (secondary N) is 2. The molecule has 0 bridgehead atoms. The van der Waals surface area contributed by atoms with Gasteiger partial charge in [-0.15, -0.1) is 0 Å². The molecule has 1 aliphatic rings. The molecule has 1 saturated heterocycles. The normalized spacial score (nSPS) is 17.7. The van der Waals surface area contributed by atoms with Crippen LogP contribution in [0.5, 0.6) is 0 Å². The van der Waals surface area contributed by atoms with Crippen molar-refractivity contribution in [3.8, 4) is 0 Å². The summed E-state index contributed by atoms with van der Waals surface area (Å²) in [5, 5.41) is 7.18. The fourth-order valence-electron chi connectivity index (χ4n) is 3.11. The molecule has 0 aromatic heterocycles. The maximum atomic E-state index is 12.8. The van der Waals surface area contributed by atoms with E-state index in [2.05, 4.69) is 24.5 Å². The Bertz CT molecular complexity index is 517. The Morgan fingerprint density at radius 2 is 1.91 bits per heavy atom. The summed E-state index contributed by atoms with van der Waals surface area (Å²) >= 11 is 5.95. The summed E-state index contributed by atoms with van der Waals surface area (Å²) in [6.07, 6.45) is 1.63. The van der Waals surface area contributed by atoms with Crippen LogP contribution in [0, 0.1) is 5.41 Å². The molecular weight excluding hydrogens is 312 g/mol. The fourth-order valence-corrected chi connectivity index (χ4v) is 3.24. The largest absolute Gasteiger partial charge is 0.384 e. The number of methoxy groups -OCH3 is 1. The molecule has 0 spiro atoms. The van der Waals surface area contributed by atoms with Crippen molar-refractivity contribution in [2.24, 2.45) is 5.41 Å². The molecule has 2 N–H and O–H groups in total. The molecule has 1 fully saturated rings. The smallest absolute Gasteiger partial charge is 0.228 e. The quantitative estimate of drug-likeness (QED) is 0.838. The van der Waals surface area contributed by atoms with Crippen LogP contribution in [0.15, 0.2) is 24.3 Å². The molecule has 5 heteroatoms. The topological polar surface area (TPSA) is 50.4 Å². The van der Waals surface area contributed by atoms with Crippen molar-refractivity contribution in [3.05, 3.63) is 34.9 Å². The average molecular weight is 339 g/mol. The highest BCUT2D eigenvalue weighted by Crippen LogP contribution is 2.30. The molecule has 1 aliphatic heterocycles. The Labute approximate surface area is 143 Å². The second-order valence-corrected chi connectivity index (χ2v) is 7.47. The first kappa shape index (κ1) is 18.2. The van der Waals surface area contributed by atoms with Crippen LogP contribution < -0.4 is 10.6 Å². The highest BCUT2D eigenvalue weighted by Gasteiger charge is 2.40. The van der Waals surface area contributed by atoms with E-state index in [9.17, 15) is 4.79 Å². The average Bonchev–Trinajstić information content (AvgIpc) is 2.54. The molecular formula is C18H27ClN2O2. The van der Waals surface area contributed by atoms with E-state index in [1.54, 1.807) is 7.11 Å². The van der Waals surface area contributed by atoms with Gasteiger partial charge >= 0.3 is 0 Å². The third kappa shape index (κ3) is 4.46. The molecule has 1 amide bonds. The number of amides is 1. The number of piperidine rings is 1. The molecule has 0 aliphatic carbocycles. The van der Waals surface area contributed by atoms with Gasteiger partial charge in [0.1, 0.15) is 0 Å². The Morgan fingerprint density at radius 1 is 1.30 bits per heavy atom. The summed E-state index contributed by atoms with van der Waals surface area (Å²) in [7, 11) is 1.66. The van der Waals surface area contributed by atoms with Gasteiger partial charge in [-0.25, -0.2) is 0 Å². The highest BCUT2D eigenvalue weighted by molar-refractivity contribution is 6.30. The van der Waals surface area contributed by atoms with E-state index in [1.165, 1.54) is 0 Å². The first-order valence-corrected chi connectivity index (χ1v) is 8.51. The minimum absolute atomic E-state index is 0.0999. The SMILES string of the molecule is COCC1(C(=O)NCC(C)(C)c2ccc(Cl)cc2)CCNCC1. The molecule has 0 atom stereocenters. The molecule has 1 heterocycles. The maximum absolute atomic E-state index is 12.8. The summed E-state index contributed by atoms with van der Waals surface area (Å²) in [6.45, 7) is 7.03. The van der Waals surface area contributed by atoms with Gasteiger partial charge in [0.15, 0.2) is 0 Å². The van der Waals surface area contributed by atoms with Crippen molar-refractivity contribution in [1.82, 2.24) is 10.6 Å². The van der Waals surface area contributed by atoms with Gasteiger partial charge in [0.25, 0.3) is 0 Å². The maximum Gasteiger partial charge on any atom is 0.228 e. The van der Waals surface area contributed by atoms with Crippen LogP contribution in [0.1, 0.15) is 32.3 Å². The standard InChI is InChI=1S/C18H27ClN2O2/c1-17(2,14-4-6-15(19)7-5-14)12-21-16(22)18(13-23-3)8-10-20-11-9-18/h4-7,20H,8-13H2,1-3H3,(H,21,22). The lowest BCUT2D eigenvalue weighted by Gasteiger charge is -2.37. The Morgan fingerprint density at radius 3 is 2.48 bits per heavy atom. The minimum Gasteiger partial charge on any atom is -0.384 e. The van der Waals surface area contributed by atoms with Crippen molar-refractivity contribution in [2.75, 3.05) is 33.4 Å². The van der Waals surface area contributed by atoms with Crippen molar-refractivity contribution in [2.45, 2.75) is 32.1 Å². The lowest BCUT2D eigenvalue weighted by Crippen LogP contribution is -2.52. The van der Waals surface area contributed by atoms with Crippen LogP contribution in [0.2, 0.25) is 5.02 Å². The van der Waals surface area contributed by atoms with Crippen molar-refractivity contribution < 1.29 is 9.53 Å². The molecule has 23 heavy (non-hydrogen) atoms. The molecule has 4 nitrogen and oxygen atoms in total. The predicted octanol–water partition coefficient (Wildman–Crippen LogP) is 2.75. The second-order valence-electron chi connectivity index (χ2n) is 7.04. The van der Waals surface area contributed by atoms with Crippen molar-refractivity contribution >= 4 is 17.5 Å². The number of hydrogen-bond acceptors (Lipinski definition) is 3. The van der Waals surface area contributed by atoms with Gasteiger partial charge in [-0.3, -0.25) is 4.79 Å². The molecule has 0 saturated carbocycles. The van der Waals surface area contributed by atoms with Gasteiger partial charge in [-0.05, 0) is 43.6 Å². The number of halogens is 1. The van der Waals surface area contributed by atoms with Crippen LogP contribution in [-0.4, -0.2) is 39.3 Å². The summed E-state index contributed by atoms with van der Waals surface area (Å²) in [5.41, 5.74) is 0.602. The summed E-state index contributed by atoms with van der Waals surface area (Å²) in [6, 6.07) is 7.81. The Balaban J connectivity index is 2.02. The zero-order chi connectivity index (χ0) is 16.9. The van der Waals surface area contributed by atoms with Crippen molar-refractivity contribution in [3.63, 3.8) is 0 Å². The van der Waals surface area contributed by atoms with Crippen LogP contribution in [0.3, 0.4) is 0 Å². The summed E-state index contributed by atoms with van der Waals surface area (Å²) in [5.74, 6) is 0.0999. The molecule has 0 radical (unpaired) electrons. The van der Waals surface area contributed by atoms with E-state index in [4.69, 9.17) is 16.3 Å². The molecule has 0 unspecified atom stereocenters. The Hall–Kier alpha value is -1.10. The third-order valence-electron chi connectivity index (χ3n) is 4.78. The van der Waals surface area contributed by atoms with Crippen LogP contribution >= 0.6 is 11.6 Å². The van der Waals surface area contributed by atoms with Gasteiger partial charge in [-0.1, -0.05) is 37.6 Å². The monoisotopic (exact) mass is 338 g/mol. The van der Waals surface area contributed by atoms with Crippen LogP contribution in [0.25, 0.3) is 0 Å². The van der Waals surface area contributed by atoms with Gasteiger partial charge < -0.3 is 15.4 Å². The summed E-state index contributed by atoms with van der Waals surface area (Å²) < 4.78 is 5.33. The minimum atomic E-state index is -0.407. The first-order chi connectivity index (χ1) is 10.9. The summed E-state index contributed by atoms with van der Waals surface area (Å²) in [4.78, 5) is 12.8. The number of rotatable bonds is 6. The van der Waals surface area contributed by atoms with Crippen LogP contribution in [0.4, 0.5) is 0 Å². The third-order valence-corrected chi connectivity index (χ3v) is 5.03. The van der Waals surface area contributed by atoms with Gasteiger partial charge in [0.2, 0.25) is 5.91 Å². The number of carbonyl (C=O) groups excluding carboxylic acids is 1.